The van der Waals surface area contributed by atoms with Gasteiger partial charge in [0.2, 0.25) is 5.95 Å². The Kier molecular flexibility index (Phi) is 3.38. The highest BCUT2D eigenvalue weighted by Crippen LogP contribution is 2.38. The van der Waals surface area contributed by atoms with Gasteiger partial charge in [0.25, 0.3) is 5.56 Å². The molecular formula is C13H16N6O4. The molecule has 2 unspecified atom stereocenters. The van der Waals surface area contributed by atoms with Crippen LogP contribution in [0.15, 0.2) is 11.1 Å². The van der Waals surface area contributed by atoms with Crippen molar-refractivity contribution in [2.24, 2.45) is 5.73 Å². The third-order valence-electron chi connectivity index (χ3n) is 3.92. The van der Waals surface area contributed by atoms with E-state index in [1.165, 1.54) is 17.8 Å². The van der Waals surface area contributed by atoms with Gasteiger partial charge in [0.05, 0.1) is 12.4 Å². The fourth-order valence-electron chi connectivity index (χ4n) is 2.70. The van der Waals surface area contributed by atoms with Gasteiger partial charge < -0.3 is 26.4 Å². The number of nitrogens with one attached hydrogen (secondary N) is 1. The number of aliphatic hydroxyl groups is 2. The molecule has 1 fully saturated rings. The van der Waals surface area contributed by atoms with Crippen molar-refractivity contribution in [3.05, 3.63) is 16.7 Å². The number of nitrogen functional groups attached to an aromatic ring is 1. The minimum atomic E-state index is -1.64. The van der Waals surface area contributed by atoms with Crippen LogP contribution in [0, 0.1) is 12.3 Å². The van der Waals surface area contributed by atoms with E-state index < -0.39 is 35.6 Å². The number of ether oxygens (including phenoxy) is 1. The Balaban J connectivity index is 2.18. The summed E-state index contributed by atoms with van der Waals surface area (Å²) in [4.78, 5) is 22.1. The zero-order chi connectivity index (χ0) is 16.9. The van der Waals surface area contributed by atoms with E-state index in [1.54, 1.807) is 0 Å². The van der Waals surface area contributed by atoms with Gasteiger partial charge in [-0.2, -0.15) is 4.98 Å². The first-order valence-corrected chi connectivity index (χ1v) is 6.80. The Labute approximate surface area is 130 Å². The SMILES string of the molecule is C#CC1(N)C(O)[C@@H]([C@H](C)O)O[C@H]1n1cnc2c(=O)[nH]c(N)nc21. The van der Waals surface area contributed by atoms with Crippen molar-refractivity contribution in [3.63, 3.8) is 0 Å². The van der Waals surface area contributed by atoms with Crippen molar-refractivity contribution in [3.8, 4) is 12.3 Å². The summed E-state index contributed by atoms with van der Waals surface area (Å²) >= 11 is 0. The van der Waals surface area contributed by atoms with Gasteiger partial charge in [-0.05, 0) is 6.92 Å². The molecule has 7 N–H and O–H groups in total. The van der Waals surface area contributed by atoms with Crippen LogP contribution in [-0.2, 0) is 4.74 Å². The van der Waals surface area contributed by atoms with Crippen LogP contribution in [0.5, 0.6) is 0 Å². The Morgan fingerprint density at radius 1 is 1.65 bits per heavy atom. The van der Waals surface area contributed by atoms with E-state index in [-0.39, 0.29) is 17.1 Å². The molecule has 10 nitrogen and oxygen atoms in total. The third kappa shape index (κ3) is 2.10. The quantitative estimate of drug-likeness (QED) is 0.384. The third-order valence-corrected chi connectivity index (χ3v) is 3.92. The molecule has 5 atom stereocenters. The lowest BCUT2D eigenvalue weighted by Gasteiger charge is -2.27. The second-order valence-corrected chi connectivity index (χ2v) is 5.49. The molecule has 0 amide bonds. The number of aromatic nitrogens is 4. The maximum atomic E-state index is 11.8. The number of hydrogen-bond donors (Lipinski definition) is 5. The first-order valence-electron chi connectivity index (χ1n) is 6.80. The summed E-state index contributed by atoms with van der Waals surface area (Å²) in [7, 11) is 0. The molecule has 0 aliphatic carbocycles. The number of terminal acetylenes is 1. The number of hydrogen-bond acceptors (Lipinski definition) is 8. The lowest BCUT2D eigenvalue weighted by molar-refractivity contribution is -0.0756. The first-order chi connectivity index (χ1) is 10.8. The molecule has 0 spiro atoms. The van der Waals surface area contributed by atoms with E-state index in [2.05, 4.69) is 20.9 Å². The van der Waals surface area contributed by atoms with Gasteiger partial charge in [0.1, 0.15) is 12.2 Å². The minimum Gasteiger partial charge on any atom is -0.391 e. The van der Waals surface area contributed by atoms with Gasteiger partial charge in [-0.25, -0.2) is 4.98 Å². The van der Waals surface area contributed by atoms with Crippen molar-refractivity contribution in [1.82, 2.24) is 19.5 Å². The van der Waals surface area contributed by atoms with Crippen molar-refractivity contribution >= 4 is 17.1 Å². The number of imidazole rings is 1. The fraction of sp³-hybridized carbons (Fsp3) is 0.462. The maximum Gasteiger partial charge on any atom is 0.280 e. The maximum absolute atomic E-state index is 11.8. The van der Waals surface area contributed by atoms with E-state index in [1.807, 2.05) is 0 Å². The molecule has 0 bridgehead atoms. The largest absolute Gasteiger partial charge is 0.391 e. The molecule has 3 heterocycles. The molecule has 1 aliphatic heterocycles. The summed E-state index contributed by atoms with van der Waals surface area (Å²) in [5.74, 6) is 2.19. The highest BCUT2D eigenvalue weighted by Gasteiger charge is 2.55. The molecule has 0 saturated carbocycles. The number of H-pyrrole nitrogens is 1. The van der Waals surface area contributed by atoms with Gasteiger partial charge in [-0.15, -0.1) is 6.42 Å². The molecular weight excluding hydrogens is 304 g/mol. The fourth-order valence-corrected chi connectivity index (χ4v) is 2.70. The molecule has 0 radical (unpaired) electrons. The number of rotatable bonds is 2. The van der Waals surface area contributed by atoms with E-state index in [0.29, 0.717) is 0 Å². The average Bonchev–Trinajstić information content (AvgIpc) is 3.00. The Morgan fingerprint density at radius 3 is 2.96 bits per heavy atom. The number of nitrogens with two attached hydrogens (primary N) is 2. The Morgan fingerprint density at radius 2 is 2.35 bits per heavy atom. The summed E-state index contributed by atoms with van der Waals surface area (Å²) < 4.78 is 6.96. The number of aromatic amines is 1. The summed E-state index contributed by atoms with van der Waals surface area (Å²) in [6.45, 7) is 1.44. The Hall–Kier alpha value is -2.45. The topological polar surface area (TPSA) is 165 Å². The standard InChI is InChI=1S/C13H16N6O4/c1-3-13(15)8(21)7(5(2)20)23-11(13)19-4-16-6-9(19)17-12(14)18-10(6)22/h1,4-5,7-8,11,20-21H,15H2,2H3,(H3,14,17,18,22)/t5-,7+,8?,11+,13?/m0/s1. The lowest BCUT2D eigenvalue weighted by atomic mass is 9.90. The second kappa shape index (κ2) is 5.04. The monoisotopic (exact) mass is 320 g/mol. The summed E-state index contributed by atoms with van der Waals surface area (Å²) in [5.41, 5.74) is 9.63. The molecule has 10 heteroatoms. The average molecular weight is 320 g/mol. The molecule has 0 aromatic carbocycles. The van der Waals surface area contributed by atoms with Crippen molar-refractivity contribution in [1.29, 1.82) is 0 Å². The highest BCUT2D eigenvalue weighted by atomic mass is 16.5. The zero-order valence-electron chi connectivity index (χ0n) is 12.2. The van der Waals surface area contributed by atoms with Crippen molar-refractivity contribution < 1.29 is 14.9 Å². The Bertz CT molecular complexity index is 852. The summed E-state index contributed by atoms with van der Waals surface area (Å²) in [6.07, 6.45) is 2.33. The van der Waals surface area contributed by atoms with E-state index in [4.69, 9.17) is 22.6 Å². The molecule has 1 saturated heterocycles. The highest BCUT2D eigenvalue weighted by molar-refractivity contribution is 5.70. The van der Waals surface area contributed by atoms with Crippen LogP contribution in [0.4, 0.5) is 5.95 Å². The van der Waals surface area contributed by atoms with Gasteiger partial charge >= 0.3 is 0 Å². The number of anilines is 1. The van der Waals surface area contributed by atoms with Crippen molar-refractivity contribution in [2.45, 2.75) is 37.0 Å². The van der Waals surface area contributed by atoms with Gasteiger partial charge in [0.15, 0.2) is 22.9 Å². The van der Waals surface area contributed by atoms with Gasteiger partial charge in [0, 0.05) is 0 Å². The molecule has 2 aromatic heterocycles. The molecule has 122 valence electrons. The smallest absolute Gasteiger partial charge is 0.280 e. The van der Waals surface area contributed by atoms with Crippen LogP contribution in [-0.4, -0.2) is 53.6 Å². The van der Waals surface area contributed by atoms with Crippen LogP contribution in [0.2, 0.25) is 0 Å². The van der Waals surface area contributed by atoms with E-state index in [0.717, 1.165) is 0 Å². The molecule has 2 aromatic rings. The van der Waals surface area contributed by atoms with E-state index >= 15 is 0 Å². The summed E-state index contributed by atoms with van der Waals surface area (Å²) in [5, 5.41) is 20.1. The minimum absolute atomic E-state index is 0.0251. The summed E-state index contributed by atoms with van der Waals surface area (Å²) in [6, 6.07) is 0. The lowest BCUT2D eigenvalue weighted by Crippen LogP contribution is -2.54. The van der Waals surface area contributed by atoms with Crippen molar-refractivity contribution in [2.75, 3.05) is 5.73 Å². The molecule has 1 aliphatic rings. The molecule has 3 rings (SSSR count). The van der Waals surface area contributed by atoms with E-state index in [9.17, 15) is 15.0 Å². The predicted octanol–water partition coefficient (Wildman–Crippen LogP) is -2.33. The first kappa shape index (κ1) is 15.4. The predicted molar refractivity (Wildman–Crippen MR) is 79.9 cm³/mol. The normalized spacial score (nSPS) is 32.0. The van der Waals surface area contributed by atoms with Crippen LogP contribution in [0.1, 0.15) is 13.2 Å². The zero-order valence-corrected chi connectivity index (χ0v) is 12.2. The van der Waals surface area contributed by atoms with Crippen LogP contribution < -0.4 is 17.0 Å². The second-order valence-electron chi connectivity index (χ2n) is 5.49. The molecule has 23 heavy (non-hydrogen) atoms. The van der Waals surface area contributed by atoms with Crippen LogP contribution >= 0.6 is 0 Å². The van der Waals surface area contributed by atoms with Crippen LogP contribution in [0.25, 0.3) is 11.2 Å². The number of fused-ring (bicyclic) bond motifs is 1. The van der Waals surface area contributed by atoms with Crippen LogP contribution in [0.3, 0.4) is 0 Å². The number of nitrogens with zero attached hydrogens (tertiary/aromatic N) is 3. The number of aliphatic hydroxyl groups excluding tert-OH is 2. The van der Waals surface area contributed by atoms with Gasteiger partial charge in [-0.1, -0.05) is 5.92 Å². The van der Waals surface area contributed by atoms with Gasteiger partial charge in [-0.3, -0.25) is 14.3 Å².